The van der Waals surface area contributed by atoms with Crippen LogP contribution in [0, 0.1) is 34.5 Å². The Hall–Kier alpha value is -1.04. The summed E-state index contributed by atoms with van der Waals surface area (Å²) in [4.78, 5) is 29.0. The van der Waals surface area contributed by atoms with E-state index in [4.69, 9.17) is 0 Å². The third kappa shape index (κ3) is 3.60. The number of carbonyl (C=O) groups is 2. The molecule has 5 aliphatic rings. The van der Waals surface area contributed by atoms with Gasteiger partial charge in [0.15, 0.2) is 11.6 Å². The van der Waals surface area contributed by atoms with E-state index >= 15 is 0 Å². The molecule has 5 rings (SSSR count). The van der Waals surface area contributed by atoms with Crippen LogP contribution in [0.2, 0.25) is 0 Å². The lowest BCUT2D eigenvalue weighted by atomic mass is 9.46. The predicted octanol–water partition coefficient (Wildman–Crippen LogP) is 3.91. The zero-order chi connectivity index (χ0) is 23.4. The highest BCUT2D eigenvalue weighted by Gasteiger charge is 2.66. The van der Waals surface area contributed by atoms with Crippen molar-refractivity contribution >= 4 is 11.6 Å². The van der Waals surface area contributed by atoms with Gasteiger partial charge in [-0.2, -0.15) is 0 Å². The fraction of sp³-hybridized carbons (Fsp3) is 0.857. The molecule has 4 fully saturated rings. The van der Waals surface area contributed by atoms with Crippen molar-refractivity contribution in [3.05, 3.63) is 11.6 Å². The summed E-state index contributed by atoms with van der Waals surface area (Å²) < 4.78 is 0. The average molecular weight is 458 g/mol. The molecule has 1 aliphatic heterocycles. The van der Waals surface area contributed by atoms with Crippen LogP contribution in [-0.2, 0) is 9.59 Å². The molecule has 1 saturated heterocycles. The number of Topliss-reactive ketones (excluding diaryl/α,β-unsaturated/α-hetero) is 1. The first-order chi connectivity index (χ1) is 15.7. The summed E-state index contributed by atoms with van der Waals surface area (Å²) in [5.41, 5.74) is -0.551. The molecule has 3 saturated carbocycles. The highest BCUT2D eigenvalue weighted by Crippen LogP contribution is 2.67. The maximum atomic E-state index is 13.6. The molecule has 6 atom stereocenters. The molecule has 184 valence electrons. The van der Waals surface area contributed by atoms with Crippen LogP contribution in [-0.4, -0.2) is 58.5 Å². The molecular formula is C28H43NO4. The first kappa shape index (κ1) is 23.7. The van der Waals surface area contributed by atoms with Gasteiger partial charge in [-0.3, -0.25) is 14.5 Å². The van der Waals surface area contributed by atoms with Crippen molar-refractivity contribution in [3.8, 4) is 0 Å². The Labute approximate surface area is 199 Å². The fourth-order valence-electron chi connectivity index (χ4n) is 8.85. The second-order valence-electron chi connectivity index (χ2n) is 12.5. The van der Waals surface area contributed by atoms with Gasteiger partial charge in [0.25, 0.3) is 0 Å². The second-order valence-corrected chi connectivity index (χ2v) is 12.5. The zero-order valence-electron chi connectivity index (χ0n) is 20.7. The number of allylic oxidation sites excluding steroid dienone is 1. The van der Waals surface area contributed by atoms with E-state index in [9.17, 15) is 19.8 Å². The lowest BCUT2D eigenvalue weighted by Crippen LogP contribution is -2.59. The maximum Gasteiger partial charge on any atom is 0.159 e. The maximum absolute atomic E-state index is 13.6. The van der Waals surface area contributed by atoms with Crippen LogP contribution >= 0.6 is 0 Å². The third-order valence-corrected chi connectivity index (χ3v) is 11.0. The van der Waals surface area contributed by atoms with E-state index in [1.807, 2.05) is 6.08 Å². The highest BCUT2D eigenvalue weighted by atomic mass is 16.3. The Kier molecular flexibility index (Phi) is 6.15. The van der Waals surface area contributed by atoms with Crippen LogP contribution in [0.5, 0.6) is 0 Å². The van der Waals surface area contributed by atoms with Crippen LogP contribution in [0.25, 0.3) is 0 Å². The lowest BCUT2D eigenvalue weighted by Gasteiger charge is -2.59. The lowest BCUT2D eigenvalue weighted by molar-refractivity contribution is -0.142. The molecule has 0 bridgehead atoms. The van der Waals surface area contributed by atoms with Crippen molar-refractivity contribution in [2.45, 2.75) is 90.1 Å². The number of hydrogen-bond donors (Lipinski definition) is 2. The number of hydrogen-bond acceptors (Lipinski definition) is 5. The van der Waals surface area contributed by atoms with Gasteiger partial charge in [-0.05, 0) is 99.8 Å². The van der Waals surface area contributed by atoms with Crippen molar-refractivity contribution in [1.82, 2.24) is 4.90 Å². The van der Waals surface area contributed by atoms with Crippen molar-refractivity contribution in [1.29, 1.82) is 0 Å². The van der Waals surface area contributed by atoms with Gasteiger partial charge in [-0.15, -0.1) is 0 Å². The van der Waals surface area contributed by atoms with Gasteiger partial charge in [0.1, 0.15) is 0 Å². The first-order valence-corrected chi connectivity index (χ1v) is 13.6. The molecule has 1 heterocycles. The minimum Gasteiger partial charge on any atom is -0.396 e. The van der Waals surface area contributed by atoms with Crippen molar-refractivity contribution in [2.24, 2.45) is 34.5 Å². The van der Waals surface area contributed by atoms with Crippen LogP contribution in [0.1, 0.15) is 84.5 Å². The van der Waals surface area contributed by atoms with Gasteiger partial charge < -0.3 is 10.2 Å². The number of fused-ring (bicyclic) bond motifs is 5. The van der Waals surface area contributed by atoms with Crippen LogP contribution in [0.3, 0.4) is 0 Å². The van der Waals surface area contributed by atoms with E-state index in [1.54, 1.807) is 0 Å². The molecule has 0 aromatic carbocycles. The Bertz CT molecular complexity index is 830. The molecule has 2 N–H and O–H groups in total. The monoisotopic (exact) mass is 457 g/mol. The molecule has 0 aromatic rings. The molecule has 5 heteroatoms. The minimum absolute atomic E-state index is 0.0303. The number of rotatable bonds is 5. The largest absolute Gasteiger partial charge is 0.396 e. The predicted molar refractivity (Wildman–Crippen MR) is 128 cm³/mol. The molecule has 0 radical (unpaired) electrons. The van der Waals surface area contributed by atoms with Crippen molar-refractivity contribution in [2.75, 3.05) is 26.2 Å². The summed E-state index contributed by atoms with van der Waals surface area (Å²) >= 11 is 0. The quantitative estimate of drug-likeness (QED) is 0.654. The number of carbonyl (C=O) groups excluding carboxylic acids is 2. The number of likely N-dealkylation sites (tertiary alicyclic amines) is 1. The van der Waals surface area contributed by atoms with Crippen LogP contribution in [0.4, 0.5) is 0 Å². The molecule has 0 aromatic heterocycles. The third-order valence-electron chi connectivity index (χ3n) is 11.0. The van der Waals surface area contributed by atoms with E-state index in [0.29, 0.717) is 18.9 Å². The number of aliphatic hydroxyl groups excluding tert-OH is 1. The van der Waals surface area contributed by atoms with E-state index in [1.165, 1.54) is 6.42 Å². The zero-order valence-corrected chi connectivity index (χ0v) is 20.7. The summed E-state index contributed by atoms with van der Waals surface area (Å²) in [7, 11) is 0. The summed E-state index contributed by atoms with van der Waals surface area (Å²) in [5.74, 6) is 1.33. The van der Waals surface area contributed by atoms with Gasteiger partial charge in [0.05, 0.1) is 12.1 Å². The SMILES string of the molecule is CC12CCCCC1C(=O)C=C1C2CCC2(C)C(C(=O)CN3CCC(CCO)CC3)CC[C@@]12O. The topological polar surface area (TPSA) is 77.8 Å². The summed E-state index contributed by atoms with van der Waals surface area (Å²) in [6.45, 7) is 7.01. The number of piperidine rings is 1. The summed E-state index contributed by atoms with van der Waals surface area (Å²) in [6, 6.07) is 0. The highest BCUT2D eigenvalue weighted by molar-refractivity contribution is 5.95. The Morgan fingerprint density at radius 1 is 1.03 bits per heavy atom. The first-order valence-electron chi connectivity index (χ1n) is 13.6. The van der Waals surface area contributed by atoms with E-state index in [2.05, 4.69) is 18.7 Å². The number of ketones is 2. The number of aliphatic hydroxyl groups is 2. The molecule has 5 unspecified atom stereocenters. The Morgan fingerprint density at radius 2 is 1.79 bits per heavy atom. The van der Waals surface area contributed by atoms with Gasteiger partial charge in [-0.1, -0.05) is 26.7 Å². The van der Waals surface area contributed by atoms with Crippen molar-refractivity contribution < 1.29 is 19.8 Å². The Morgan fingerprint density at radius 3 is 2.52 bits per heavy atom. The van der Waals surface area contributed by atoms with Gasteiger partial charge in [0, 0.05) is 23.9 Å². The van der Waals surface area contributed by atoms with Gasteiger partial charge >= 0.3 is 0 Å². The van der Waals surface area contributed by atoms with Crippen LogP contribution in [0.15, 0.2) is 11.6 Å². The second kappa shape index (κ2) is 8.57. The summed E-state index contributed by atoms with van der Waals surface area (Å²) in [6.07, 6.45) is 12.4. The fourth-order valence-corrected chi connectivity index (χ4v) is 8.85. The molecule has 33 heavy (non-hydrogen) atoms. The molecular weight excluding hydrogens is 414 g/mol. The van der Waals surface area contributed by atoms with E-state index in [0.717, 1.165) is 76.5 Å². The van der Waals surface area contributed by atoms with Gasteiger partial charge in [0.2, 0.25) is 0 Å². The van der Waals surface area contributed by atoms with Gasteiger partial charge in [-0.25, -0.2) is 0 Å². The summed E-state index contributed by atoms with van der Waals surface area (Å²) in [5, 5.41) is 21.4. The van der Waals surface area contributed by atoms with Crippen LogP contribution < -0.4 is 0 Å². The normalized spacial score (nSPS) is 44.1. The van der Waals surface area contributed by atoms with E-state index < -0.39 is 11.0 Å². The van der Waals surface area contributed by atoms with E-state index in [-0.39, 0.29) is 41.3 Å². The molecule has 5 nitrogen and oxygen atoms in total. The smallest absolute Gasteiger partial charge is 0.159 e. The standard InChI is InChI=1S/C28H43NO4/c1-26-11-4-3-5-21(26)24(31)17-23-20(26)6-12-27(2)22(7-13-28(23,27)33)25(32)18-29-14-8-19(9-15-29)10-16-30/h17,19-22,30,33H,3-16,18H2,1-2H3/t20?,21?,22?,26?,27?,28-/m1/s1. The number of nitrogens with zero attached hydrogens (tertiary/aromatic N) is 1. The minimum atomic E-state index is -1.02. The molecule has 0 amide bonds. The van der Waals surface area contributed by atoms with Crippen molar-refractivity contribution in [3.63, 3.8) is 0 Å². The molecule has 4 aliphatic carbocycles. The Balaban J connectivity index is 1.34. The molecule has 0 spiro atoms. The average Bonchev–Trinajstić information content (AvgIpc) is 3.07.